The largest absolute Gasteiger partial charge is 0.486 e. The number of Topliss-reactive ketones (excluding diaryl/α,β-unsaturated/α-hetero) is 1. The molecule has 0 atom stereocenters. The third-order valence-electron chi connectivity index (χ3n) is 4.40. The van der Waals surface area contributed by atoms with Crippen molar-refractivity contribution in [2.45, 2.75) is 20.3 Å². The number of hydrogen-bond acceptors (Lipinski definition) is 5. The highest BCUT2D eigenvalue weighted by Gasteiger charge is 2.22. The average molecular weight is 411 g/mol. The van der Waals surface area contributed by atoms with Gasteiger partial charge in [-0.05, 0) is 50.2 Å². The number of hydrogen-bond donors (Lipinski definition) is 0. The Balaban J connectivity index is 2.13. The molecule has 0 aliphatic carbocycles. The fourth-order valence-electron chi connectivity index (χ4n) is 3.20. The molecular weight excluding hydrogens is 392 g/mol. The molecule has 0 fully saturated rings. The van der Waals surface area contributed by atoms with Gasteiger partial charge in [0.05, 0.1) is 30.2 Å². The molecule has 2 aromatic carbocycles. The Kier molecular flexibility index (Phi) is 6.20. The van der Waals surface area contributed by atoms with Gasteiger partial charge in [-0.2, -0.15) is 5.26 Å². The summed E-state index contributed by atoms with van der Waals surface area (Å²) in [6.45, 7) is 3.63. The number of nitrogens with zero attached hydrogens (tertiary/aromatic N) is 2. The van der Waals surface area contributed by atoms with E-state index in [-0.39, 0.29) is 25.4 Å². The number of aromatic nitrogens is 1. The molecule has 0 saturated heterocycles. The lowest BCUT2D eigenvalue weighted by Gasteiger charge is -2.09. The van der Waals surface area contributed by atoms with E-state index in [1.165, 1.54) is 0 Å². The Morgan fingerprint density at radius 2 is 2.00 bits per heavy atom. The van der Waals surface area contributed by atoms with Crippen molar-refractivity contribution < 1.29 is 19.1 Å². The van der Waals surface area contributed by atoms with Crippen molar-refractivity contribution in [3.05, 3.63) is 58.7 Å². The number of halogens is 1. The van der Waals surface area contributed by atoms with Crippen molar-refractivity contribution in [2.24, 2.45) is 0 Å². The summed E-state index contributed by atoms with van der Waals surface area (Å²) in [5.41, 5.74) is 2.73. The number of nitriles is 1. The van der Waals surface area contributed by atoms with E-state index in [0.29, 0.717) is 27.4 Å². The molecule has 0 amide bonds. The highest BCUT2D eigenvalue weighted by molar-refractivity contribution is 6.30. The zero-order valence-electron chi connectivity index (χ0n) is 16.1. The summed E-state index contributed by atoms with van der Waals surface area (Å²) in [5, 5.41) is 9.82. The number of benzene rings is 2. The molecule has 3 rings (SSSR count). The summed E-state index contributed by atoms with van der Waals surface area (Å²) in [4.78, 5) is 24.2. The fraction of sp³-hybridized carbons (Fsp3) is 0.227. The number of carbonyl (C=O) groups excluding carboxylic acids is 2. The minimum atomic E-state index is -0.437. The quantitative estimate of drug-likeness (QED) is 0.530. The van der Waals surface area contributed by atoms with Crippen LogP contribution in [0.4, 0.5) is 0 Å². The number of esters is 1. The standard InChI is InChI=1S/C22H19ClN2O4/c1-3-28-22(27)21-14(2)25(16-6-4-5-15(23)11-16)20-8-7-18(12-19(20)21)29-13-17(26)9-10-24/h4-8,11-12H,3,9,13H2,1-2H3. The van der Waals surface area contributed by atoms with Crippen molar-refractivity contribution >= 4 is 34.3 Å². The predicted octanol–water partition coefficient (Wildman–Crippen LogP) is 4.63. The van der Waals surface area contributed by atoms with Crippen LogP contribution >= 0.6 is 11.6 Å². The Labute approximate surface area is 173 Å². The van der Waals surface area contributed by atoms with E-state index in [2.05, 4.69) is 0 Å². The third-order valence-corrected chi connectivity index (χ3v) is 4.63. The summed E-state index contributed by atoms with van der Waals surface area (Å²) in [5.74, 6) is -0.322. The lowest BCUT2D eigenvalue weighted by atomic mass is 10.1. The maximum atomic E-state index is 12.7. The van der Waals surface area contributed by atoms with E-state index in [9.17, 15) is 9.59 Å². The van der Waals surface area contributed by atoms with Crippen molar-refractivity contribution in [1.29, 1.82) is 5.26 Å². The van der Waals surface area contributed by atoms with Gasteiger partial charge in [-0.15, -0.1) is 0 Å². The first kappa shape index (κ1) is 20.4. The molecule has 1 aromatic heterocycles. The molecule has 0 N–H and O–H groups in total. The van der Waals surface area contributed by atoms with Crippen LogP contribution in [0.3, 0.4) is 0 Å². The summed E-state index contributed by atoms with van der Waals surface area (Å²) in [6.07, 6.45) is -0.208. The second-order valence-corrected chi connectivity index (χ2v) is 6.77. The van der Waals surface area contributed by atoms with Crippen LogP contribution in [-0.2, 0) is 9.53 Å². The molecule has 0 saturated carbocycles. The Morgan fingerprint density at radius 3 is 2.69 bits per heavy atom. The monoisotopic (exact) mass is 410 g/mol. The molecule has 1 heterocycles. The molecule has 0 bridgehead atoms. The van der Waals surface area contributed by atoms with Crippen LogP contribution < -0.4 is 4.74 Å². The maximum absolute atomic E-state index is 12.7. The predicted molar refractivity (Wildman–Crippen MR) is 110 cm³/mol. The van der Waals surface area contributed by atoms with Gasteiger partial charge < -0.3 is 14.0 Å². The second-order valence-electron chi connectivity index (χ2n) is 6.34. The first-order valence-electron chi connectivity index (χ1n) is 9.05. The molecule has 148 valence electrons. The van der Waals surface area contributed by atoms with Crippen molar-refractivity contribution in [3.8, 4) is 17.5 Å². The van der Waals surface area contributed by atoms with Gasteiger partial charge in [-0.3, -0.25) is 4.79 Å². The first-order valence-corrected chi connectivity index (χ1v) is 9.43. The van der Waals surface area contributed by atoms with Crippen molar-refractivity contribution in [3.63, 3.8) is 0 Å². The Bertz CT molecular complexity index is 1130. The minimum Gasteiger partial charge on any atom is -0.486 e. The van der Waals surface area contributed by atoms with Crippen LogP contribution in [0.2, 0.25) is 5.02 Å². The highest BCUT2D eigenvalue weighted by atomic mass is 35.5. The second kappa shape index (κ2) is 8.80. The first-order chi connectivity index (χ1) is 14.0. The van der Waals surface area contributed by atoms with Crippen LogP contribution in [0.25, 0.3) is 16.6 Å². The fourth-order valence-corrected chi connectivity index (χ4v) is 3.38. The summed E-state index contributed by atoms with van der Waals surface area (Å²) in [6, 6.07) is 14.4. The smallest absolute Gasteiger partial charge is 0.340 e. The number of carbonyl (C=O) groups is 2. The summed E-state index contributed by atoms with van der Waals surface area (Å²) in [7, 11) is 0. The van der Waals surface area contributed by atoms with Crippen LogP contribution in [0.15, 0.2) is 42.5 Å². The Morgan fingerprint density at radius 1 is 1.21 bits per heavy atom. The molecule has 3 aromatic rings. The molecular formula is C22H19ClN2O4. The van der Waals surface area contributed by atoms with Gasteiger partial charge in [0.15, 0.2) is 5.78 Å². The number of fused-ring (bicyclic) bond motifs is 1. The molecule has 29 heavy (non-hydrogen) atoms. The maximum Gasteiger partial charge on any atom is 0.340 e. The normalized spacial score (nSPS) is 10.6. The van der Waals surface area contributed by atoms with E-state index < -0.39 is 5.97 Å². The lowest BCUT2D eigenvalue weighted by molar-refractivity contribution is -0.120. The summed E-state index contributed by atoms with van der Waals surface area (Å²) < 4.78 is 12.7. The molecule has 0 unspecified atom stereocenters. The molecule has 0 aliphatic heterocycles. The Hall–Kier alpha value is -3.30. The topological polar surface area (TPSA) is 81.3 Å². The van der Waals surface area contributed by atoms with E-state index >= 15 is 0 Å². The van der Waals surface area contributed by atoms with E-state index in [4.69, 9.17) is 26.3 Å². The minimum absolute atomic E-state index is 0.207. The van der Waals surface area contributed by atoms with Gasteiger partial charge in [0.2, 0.25) is 0 Å². The lowest BCUT2D eigenvalue weighted by Crippen LogP contribution is -2.10. The SMILES string of the molecule is CCOC(=O)c1c(C)n(-c2cccc(Cl)c2)c2ccc(OCC(=O)CC#N)cc12. The highest BCUT2D eigenvalue weighted by Crippen LogP contribution is 2.33. The number of ether oxygens (including phenoxy) is 2. The third kappa shape index (κ3) is 4.25. The van der Waals surface area contributed by atoms with Gasteiger partial charge in [0.1, 0.15) is 12.4 Å². The molecule has 0 aliphatic rings. The van der Waals surface area contributed by atoms with Crippen LogP contribution in [0.1, 0.15) is 29.4 Å². The summed E-state index contributed by atoms with van der Waals surface area (Å²) >= 11 is 6.16. The van der Waals surface area contributed by atoms with Gasteiger partial charge in [0, 0.05) is 21.8 Å². The molecule has 0 spiro atoms. The average Bonchev–Trinajstić information content (AvgIpc) is 2.98. The molecule has 7 heteroatoms. The molecule has 6 nitrogen and oxygen atoms in total. The van der Waals surface area contributed by atoms with E-state index in [0.717, 1.165) is 11.2 Å². The number of ketones is 1. The number of rotatable bonds is 7. The van der Waals surface area contributed by atoms with Gasteiger partial charge >= 0.3 is 5.97 Å². The zero-order valence-corrected chi connectivity index (χ0v) is 16.8. The van der Waals surface area contributed by atoms with Crippen LogP contribution in [0.5, 0.6) is 5.75 Å². The molecule has 0 radical (unpaired) electrons. The van der Waals surface area contributed by atoms with Crippen molar-refractivity contribution in [2.75, 3.05) is 13.2 Å². The van der Waals surface area contributed by atoms with Gasteiger partial charge in [0.25, 0.3) is 0 Å². The van der Waals surface area contributed by atoms with Gasteiger partial charge in [-0.25, -0.2) is 4.79 Å². The van der Waals surface area contributed by atoms with Crippen LogP contribution in [0, 0.1) is 18.3 Å². The van der Waals surface area contributed by atoms with Gasteiger partial charge in [-0.1, -0.05) is 17.7 Å². The van der Waals surface area contributed by atoms with E-state index in [1.807, 2.05) is 35.8 Å². The van der Waals surface area contributed by atoms with Crippen molar-refractivity contribution in [1.82, 2.24) is 4.57 Å². The van der Waals surface area contributed by atoms with E-state index in [1.54, 1.807) is 31.2 Å². The zero-order chi connectivity index (χ0) is 21.0. The van der Waals surface area contributed by atoms with Crippen LogP contribution in [-0.4, -0.2) is 29.5 Å².